The highest BCUT2D eigenvalue weighted by Crippen LogP contribution is 2.20. The second kappa shape index (κ2) is 8.30. The Hall–Kier alpha value is -2.19. The van der Waals surface area contributed by atoms with Gasteiger partial charge in [0.25, 0.3) is 0 Å². The Morgan fingerprint density at radius 3 is 2.95 bits per heavy atom. The van der Waals surface area contributed by atoms with E-state index in [2.05, 4.69) is 20.3 Å². The number of nitrogens with zero attached hydrogens (tertiary/aromatic N) is 3. The molecule has 0 saturated carbocycles. The first-order valence-electron chi connectivity index (χ1n) is 6.90. The number of benzene rings is 1. The molecule has 1 aromatic carbocycles. The van der Waals surface area contributed by atoms with Gasteiger partial charge < -0.3 is 16.8 Å². The van der Waals surface area contributed by atoms with Gasteiger partial charge in [-0.05, 0) is 18.7 Å². The molecule has 0 aliphatic rings. The molecule has 0 atom stereocenters. The Labute approximate surface area is 133 Å². The number of hydrogen-bond donors (Lipinski definition) is 4. The highest BCUT2D eigenvalue weighted by molar-refractivity contribution is 8.13. The van der Waals surface area contributed by atoms with E-state index in [0.29, 0.717) is 25.3 Å². The van der Waals surface area contributed by atoms with Gasteiger partial charge >= 0.3 is 0 Å². The maximum Gasteiger partial charge on any atom is 0.181 e. The van der Waals surface area contributed by atoms with Crippen molar-refractivity contribution in [3.63, 3.8) is 0 Å². The maximum absolute atomic E-state index is 7.51. The van der Waals surface area contributed by atoms with E-state index in [9.17, 15) is 0 Å². The monoisotopic (exact) mass is 317 g/mol. The molecular weight excluding hydrogens is 298 g/mol. The molecule has 8 heteroatoms. The molecule has 6 N–H and O–H groups in total. The summed E-state index contributed by atoms with van der Waals surface area (Å²) in [5.74, 6) is 2.22. The fourth-order valence-corrected chi connectivity index (χ4v) is 2.46. The van der Waals surface area contributed by atoms with Crippen molar-refractivity contribution in [3.05, 3.63) is 30.1 Å². The number of thioether (sulfide) groups is 1. The summed E-state index contributed by atoms with van der Waals surface area (Å²) in [6, 6.07) is 7.85. The van der Waals surface area contributed by atoms with Gasteiger partial charge in [0.05, 0.1) is 11.9 Å². The minimum atomic E-state index is 0.195. The van der Waals surface area contributed by atoms with Crippen LogP contribution in [0.2, 0.25) is 0 Å². The van der Waals surface area contributed by atoms with Gasteiger partial charge in [0.15, 0.2) is 5.17 Å². The van der Waals surface area contributed by atoms with Gasteiger partial charge in [-0.1, -0.05) is 23.9 Å². The molecular formula is C14H19N7S. The zero-order valence-electron chi connectivity index (χ0n) is 12.1. The Morgan fingerprint density at radius 1 is 1.36 bits per heavy atom. The fraction of sp³-hybridized carbons (Fsp3) is 0.286. The topological polar surface area (TPSA) is 126 Å². The average molecular weight is 317 g/mol. The van der Waals surface area contributed by atoms with Gasteiger partial charge in [-0.25, -0.2) is 15.0 Å². The van der Waals surface area contributed by atoms with Crippen LogP contribution in [0.15, 0.2) is 29.3 Å². The molecule has 7 nitrogen and oxygen atoms in total. The summed E-state index contributed by atoms with van der Waals surface area (Å²) in [5.41, 5.74) is 11.6. The summed E-state index contributed by atoms with van der Waals surface area (Å²) in [6.07, 6.45) is 1.77. The molecule has 2 rings (SSSR count). The van der Waals surface area contributed by atoms with Crippen LogP contribution in [0.3, 0.4) is 0 Å². The van der Waals surface area contributed by atoms with Crippen LogP contribution in [-0.4, -0.2) is 40.3 Å². The van der Waals surface area contributed by atoms with Crippen molar-refractivity contribution in [2.24, 2.45) is 16.5 Å². The lowest BCUT2D eigenvalue weighted by Crippen LogP contribution is -2.11. The molecule has 0 aliphatic carbocycles. The molecule has 0 saturated heterocycles. The van der Waals surface area contributed by atoms with Crippen LogP contribution in [0, 0.1) is 5.41 Å². The van der Waals surface area contributed by atoms with E-state index in [1.165, 1.54) is 11.8 Å². The van der Waals surface area contributed by atoms with Crippen molar-refractivity contribution in [2.75, 3.05) is 24.2 Å². The normalized spacial score (nSPS) is 11.1. The quantitative estimate of drug-likeness (QED) is 0.360. The molecule has 0 radical (unpaired) electrons. The van der Waals surface area contributed by atoms with Gasteiger partial charge in [0, 0.05) is 24.1 Å². The van der Waals surface area contributed by atoms with E-state index in [0.717, 1.165) is 28.9 Å². The second-order valence-corrected chi connectivity index (χ2v) is 5.49. The molecule has 0 unspecified atom stereocenters. The van der Waals surface area contributed by atoms with Crippen LogP contribution in [0.5, 0.6) is 0 Å². The largest absolute Gasteiger partial charge is 0.390 e. The van der Waals surface area contributed by atoms with Crippen molar-refractivity contribution >= 4 is 40.0 Å². The summed E-state index contributed by atoms with van der Waals surface area (Å²) in [7, 11) is 0. The summed E-state index contributed by atoms with van der Waals surface area (Å²) in [5, 5.41) is 12.0. The molecule has 1 aromatic heterocycles. The number of amidine groups is 1. The van der Waals surface area contributed by atoms with Crippen LogP contribution in [0.25, 0.3) is 10.9 Å². The molecule has 116 valence electrons. The first-order chi connectivity index (χ1) is 10.7. The van der Waals surface area contributed by atoms with Crippen LogP contribution >= 0.6 is 11.8 Å². The van der Waals surface area contributed by atoms with Crippen molar-refractivity contribution in [2.45, 2.75) is 6.42 Å². The first-order valence-corrected chi connectivity index (χ1v) is 7.88. The zero-order valence-corrected chi connectivity index (χ0v) is 12.9. The number of hydrogen-bond acceptors (Lipinski definition) is 6. The van der Waals surface area contributed by atoms with Gasteiger partial charge in [-0.2, -0.15) is 0 Å². The molecule has 0 amide bonds. The Morgan fingerprint density at radius 2 is 2.18 bits per heavy atom. The number of para-hydroxylation sites is 1. The van der Waals surface area contributed by atoms with E-state index in [1.54, 1.807) is 0 Å². The average Bonchev–Trinajstić information content (AvgIpc) is 2.52. The van der Waals surface area contributed by atoms with Crippen molar-refractivity contribution in [1.82, 2.24) is 9.97 Å². The lowest BCUT2D eigenvalue weighted by atomic mass is 10.2. The molecule has 2 aromatic rings. The second-order valence-electron chi connectivity index (χ2n) is 4.40. The smallest absolute Gasteiger partial charge is 0.181 e. The van der Waals surface area contributed by atoms with E-state index < -0.39 is 0 Å². The van der Waals surface area contributed by atoms with Crippen LogP contribution < -0.4 is 16.8 Å². The SMILES string of the molecule is N=C(N=CN)SCCNc1nc(CCN)nc2ccccc12. The molecule has 1 heterocycles. The van der Waals surface area contributed by atoms with Crippen LogP contribution in [0.4, 0.5) is 5.82 Å². The highest BCUT2D eigenvalue weighted by atomic mass is 32.2. The summed E-state index contributed by atoms with van der Waals surface area (Å²) < 4.78 is 0. The van der Waals surface area contributed by atoms with Crippen molar-refractivity contribution < 1.29 is 0 Å². The fourth-order valence-electron chi connectivity index (χ4n) is 1.92. The summed E-state index contributed by atoms with van der Waals surface area (Å²) >= 11 is 1.32. The number of nitrogens with one attached hydrogen (secondary N) is 2. The van der Waals surface area contributed by atoms with Gasteiger partial charge in [-0.15, -0.1) is 0 Å². The maximum atomic E-state index is 7.51. The molecule has 0 aliphatic heterocycles. The number of nitrogens with two attached hydrogens (primary N) is 2. The lowest BCUT2D eigenvalue weighted by Gasteiger charge is -2.10. The van der Waals surface area contributed by atoms with Crippen molar-refractivity contribution in [1.29, 1.82) is 5.41 Å². The number of anilines is 1. The predicted octanol–water partition coefficient (Wildman–Crippen LogP) is 1.20. The molecule has 22 heavy (non-hydrogen) atoms. The Bertz CT molecular complexity index is 671. The van der Waals surface area contributed by atoms with Gasteiger partial charge in [0.1, 0.15) is 11.6 Å². The first kappa shape index (κ1) is 16.2. The minimum absolute atomic E-state index is 0.195. The molecule has 0 bridgehead atoms. The van der Waals surface area contributed by atoms with E-state index >= 15 is 0 Å². The Balaban J connectivity index is 2.07. The molecule has 0 spiro atoms. The third-order valence-corrected chi connectivity index (χ3v) is 3.63. The van der Waals surface area contributed by atoms with Crippen LogP contribution in [-0.2, 0) is 6.42 Å². The summed E-state index contributed by atoms with van der Waals surface area (Å²) in [4.78, 5) is 12.7. The number of aromatic nitrogens is 2. The van der Waals surface area contributed by atoms with Gasteiger partial charge in [-0.3, -0.25) is 5.41 Å². The summed E-state index contributed by atoms with van der Waals surface area (Å²) in [6.45, 7) is 1.18. The number of fused-ring (bicyclic) bond motifs is 1. The van der Waals surface area contributed by atoms with Gasteiger partial charge in [0.2, 0.25) is 0 Å². The van der Waals surface area contributed by atoms with Crippen LogP contribution in [0.1, 0.15) is 5.82 Å². The molecule has 0 fully saturated rings. The predicted molar refractivity (Wildman–Crippen MR) is 93.7 cm³/mol. The number of aliphatic imine (C=N–C) groups is 1. The number of rotatable bonds is 6. The highest BCUT2D eigenvalue weighted by Gasteiger charge is 2.06. The Kier molecular flexibility index (Phi) is 6.11. The van der Waals surface area contributed by atoms with E-state index in [4.69, 9.17) is 16.9 Å². The third-order valence-electron chi connectivity index (χ3n) is 2.84. The van der Waals surface area contributed by atoms with Crippen molar-refractivity contribution in [3.8, 4) is 0 Å². The van der Waals surface area contributed by atoms with E-state index in [1.807, 2.05) is 24.3 Å². The minimum Gasteiger partial charge on any atom is -0.390 e. The standard InChI is InChI=1S/C14H19N7S/c15-6-5-12-20-11-4-2-1-3-10(11)13(21-12)18-7-8-22-14(17)19-9-16/h1-4,9H,5-8,15H2,(H3,16,17,19)(H,18,20,21). The third kappa shape index (κ3) is 4.40. The van der Waals surface area contributed by atoms with E-state index in [-0.39, 0.29) is 5.17 Å². The lowest BCUT2D eigenvalue weighted by molar-refractivity contribution is 0.879. The zero-order chi connectivity index (χ0) is 15.8.